The van der Waals surface area contributed by atoms with E-state index < -0.39 is 0 Å². The zero-order valence-electron chi connectivity index (χ0n) is 6.92. The Morgan fingerprint density at radius 3 is 2.10 bits per heavy atom. The van der Waals surface area contributed by atoms with Gasteiger partial charge in [-0.3, -0.25) is 0 Å². The van der Waals surface area contributed by atoms with E-state index in [1.54, 1.807) is 0 Å². The molecule has 0 aromatic rings. The Morgan fingerprint density at radius 2 is 1.90 bits per heavy atom. The van der Waals surface area contributed by atoms with Gasteiger partial charge in [-0.05, 0) is 5.41 Å². The Bertz CT molecular complexity index is 115. The SMILES string of the molecule is CC(C)(C)[C@H]1COC[C@H]1O. The Labute approximate surface area is 62.2 Å². The molecule has 60 valence electrons. The molecule has 0 radical (unpaired) electrons. The molecule has 0 unspecified atom stereocenters. The maximum Gasteiger partial charge on any atom is 0.0828 e. The first kappa shape index (κ1) is 8.02. The largest absolute Gasteiger partial charge is 0.390 e. The molecule has 0 bridgehead atoms. The predicted octanol–water partition coefficient (Wildman–Crippen LogP) is 1.04. The highest BCUT2D eigenvalue weighted by Gasteiger charge is 2.35. The summed E-state index contributed by atoms with van der Waals surface area (Å²) in [6, 6.07) is 0. The summed E-state index contributed by atoms with van der Waals surface area (Å²) >= 11 is 0. The Morgan fingerprint density at radius 1 is 1.30 bits per heavy atom. The van der Waals surface area contributed by atoms with Gasteiger partial charge in [-0.1, -0.05) is 20.8 Å². The van der Waals surface area contributed by atoms with E-state index in [2.05, 4.69) is 20.8 Å². The third-order valence-electron chi connectivity index (χ3n) is 2.16. The van der Waals surface area contributed by atoms with Gasteiger partial charge >= 0.3 is 0 Å². The van der Waals surface area contributed by atoms with Crippen LogP contribution in [0, 0.1) is 11.3 Å². The van der Waals surface area contributed by atoms with Gasteiger partial charge in [-0.15, -0.1) is 0 Å². The minimum absolute atomic E-state index is 0.177. The molecule has 0 spiro atoms. The summed E-state index contributed by atoms with van der Waals surface area (Å²) in [4.78, 5) is 0. The molecule has 0 aromatic carbocycles. The van der Waals surface area contributed by atoms with Crippen molar-refractivity contribution in [2.24, 2.45) is 11.3 Å². The highest BCUT2D eigenvalue weighted by Crippen LogP contribution is 2.32. The smallest absolute Gasteiger partial charge is 0.0828 e. The zero-order valence-corrected chi connectivity index (χ0v) is 6.92. The van der Waals surface area contributed by atoms with Crippen LogP contribution in [0.4, 0.5) is 0 Å². The highest BCUT2D eigenvalue weighted by molar-refractivity contribution is 4.83. The number of aliphatic hydroxyl groups is 1. The molecule has 1 heterocycles. The van der Waals surface area contributed by atoms with Gasteiger partial charge in [0.15, 0.2) is 0 Å². The normalized spacial score (nSPS) is 34.8. The summed E-state index contributed by atoms with van der Waals surface area (Å²) in [6.07, 6.45) is -0.250. The average molecular weight is 144 g/mol. The van der Waals surface area contributed by atoms with Crippen molar-refractivity contribution >= 4 is 0 Å². The lowest BCUT2D eigenvalue weighted by Crippen LogP contribution is -2.30. The predicted molar refractivity (Wildman–Crippen MR) is 39.8 cm³/mol. The van der Waals surface area contributed by atoms with Crippen LogP contribution in [0.3, 0.4) is 0 Å². The van der Waals surface area contributed by atoms with Crippen molar-refractivity contribution in [2.75, 3.05) is 13.2 Å². The Kier molecular flexibility index (Phi) is 2.02. The molecular formula is C8H16O2. The van der Waals surface area contributed by atoms with Gasteiger partial charge in [0.1, 0.15) is 0 Å². The van der Waals surface area contributed by atoms with Crippen LogP contribution in [0.25, 0.3) is 0 Å². The monoisotopic (exact) mass is 144 g/mol. The van der Waals surface area contributed by atoms with Crippen LogP contribution in [-0.4, -0.2) is 24.4 Å². The molecule has 1 aliphatic rings. The summed E-state index contributed by atoms with van der Waals surface area (Å²) in [5.41, 5.74) is 0.177. The summed E-state index contributed by atoms with van der Waals surface area (Å²) in [5, 5.41) is 9.40. The lowest BCUT2D eigenvalue weighted by atomic mass is 9.79. The molecule has 0 aliphatic carbocycles. The van der Waals surface area contributed by atoms with Crippen molar-refractivity contribution in [3.05, 3.63) is 0 Å². The standard InChI is InChI=1S/C8H16O2/c1-8(2,3)6-4-10-5-7(6)9/h6-7,9H,4-5H2,1-3H3/t6-,7+/m0/s1. The lowest BCUT2D eigenvalue weighted by Gasteiger charge is -2.27. The van der Waals surface area contributed by atoms with Crippen molar-refractivity contribution in [1.82, 2.24) is 0 Å². The van der Waals surface area contributed by atoms with E-state index in [9.17, 15) is 5.11 Å². The molecular weight excluding hydrogens is 128 g/mol. The van der Waals surface area contributed by atoms with Gasteiger partial charge < -0.3 is 9.84 Å². The average Bonchev–Trinajstić information content (AvgIpc) is 2.11. The fraction of sp³-hybridized carbons (Fsp3) is 1.00. The first-order valence-corrected chi connectivity index (χ1v) is 3.77. The van der Waals surface area contributed by atoms with Crippen LogP contribution in [0.15, 0.2) is 0 Å². The summed E-state index contributed by atoms with van der Waals surface area (Å²) in [6.45, 7) is 7.63. The molecule has 1 rings (SSSR count). The molecule has 0 amide bonds. The van der Waals surface area contributed by atoms with Crippen molar-refractivity contribution in [3.8, 4) is 0 Å². The lowest BCUT2D eigenvalue weighted by molar-refractivity contribution is 0.0816. The fourth-order valence-corrected chi connectivity index (χ4v) is 1.37. The van der Waals surface area contributed by atoms with Crippen molar-refractivity contribution in [1.29, 1.82) is 0 Å². The minimum Gasteiger partial charge on any atom is -0.390 e. The maximum absolute atomic E-state index is 9.40. The second-order valence-corrected chi connectivity index (χ2v) is 4.08. The van der Waals surface area contributed by atoms with Crippen molar-refractivity contribution in [3.63, 3.8) is 0 Å². The first-order chi connectivity index (χ1) is 4.52. The van der Waals surface area contributed by atoms with E-state index in [1.807, 2.05) is 0 Å². The molecule has 10 heavy (non-hydrogen) atoms. The van der Waals surface area contributed by atoms with Crippen LogP contribution in [0.1, 0.15) is 20.8 Å². The van der Waals surface area contributed by atoms with Gasteiger partial charge in [0.05, 0.1) is 19.3 Å². The molecule has 1 fully saturated rings. The van der Waals surface area contributed by atoms with Crippen molar-refractivity contribution < 1.29 is 9.84 Å². The van der Waals surface area contributed by atoms with E-state index in [1.165, 1.54) is 0 Å². The van der Waals surface area contributed by atoms with Crippen LogP contribution >= 0.6 is 0 Å². The third-order valence-corrected chi connectivity index (χ3v) is 2.16. The molecule has 1 saturated heterocycles. The summed E-state index contributed by atoms with van der Waals surface area (Å²) in [5.74, 6) is 0.312. The van der Waals surface area contributed by atoms with E-state index in [4.69, 9.17) is 4.74 Å². The quantitative estimate of drug-likeness (QED) is 0.550. The maximum atomic E-state index is 9.40. The van der Waals surface area contributed by atoms with Crippen LogP contribution in [-0.2, 0) is 4.74 Å². The van der Waals surface area contributed by atoms with E-state index >= 15 is 0 Å². The van der Waals surface area contributed by atoms with E-state index in [0.717, 1.165) is 0 Å². The number of hydrogen-bond donors (Lipinski definition) is 1. The van der Waals surface area contributed by atoms with Gasteiger partial charge in [0, 0.05) is 5.92 Å². The van der Waals surface area contributed by atoms with Crippen LogP contribution in [0.2, 0.25) is 0 Å². The molecule has 0 aromatic heterocycles. The first-order valence-electron chi connectivity index (χ1n) is 3.77. The molecule has 1 N–H and O–H groups in total. The third kappa shape index (κ3) is 1.50. The topological polar surface area (TPSA) is 29.5 Å². The summed E-state index contributed by atoms with van der Waals surface area (Å²) in [7, 11) is 0. The second-order valence-electron chi connectivity index (χ2n) is 4.08. The van der Waals surface area contributed by atoms with Gasteiger partial charge in [0.25, 0.3) is 0 Å². The second kappa shape index (κ2) is 2.51. The molecule has 2 heteroatoms. The molecule has 2 atom stereocenters. The molecule has 1 aliphatic heterocycles. The van der Waals surface area contributed by atoms with Crippen LogP contribution < -0.4 is 0 Å². The minimum atomic E-state index is -0.250. The molecule has 2 nitrogen and oxygen atoms in total. The van der Waals surface area contributed by atoms with E-state index in [0.29, 0.717) is 19.1 Å². The summed E-state index contributed by atoms with van der Waals surface area (Å²) < 4.78 is 5.15. The fourth-order valence-electron chi connectivity index (χ4n) is 1.37. The highest BCUT2D eigenvalue weighted by atomic mass is 16.5. The van der Waals surface area contributed by atoms with Crippen molar-refractivity contribution in [2.45, 2.75) is 26.9 Å². The number of hydrogen-bond acceptors (Lipinski definition) is 2. The zero-order chi connectivity index (χ0) is 7.78. The van der Waals surface area contributed by atoms with Gasteiger partial charge in [0.2, 0.25) is 0 Å². The molecule has 0 saturated carbocycles. The van der Waals surface area contributed by atoms with Gasteiger partial charge in [-0.2, -0.15) is 0 Å². The number of ether oxygens (including phenoxy) is 1. The van der Waals surface area contributed by atoms with E-state index in [-0.39, 0.29) is 11.5 Å². The number of rotatable bonds is 0. The van der Waals surface area contributed by atoms with Gasteiger partial charge in [-0.25, -0.2) is 0 Å². The van der Waals surface area contributed by atoms with Crippen LogP contribution in [0.5, 0.6) is 0 Å². The Hall–Kier alpha value is -0.0800. The Balaban J connectivity index is 2.55. The number of aliphatic hydroxyl groups excluding tert-OH is 1.